The van der Waals surface area contributed by atoms with E-state index in [1.165, 1.54) is 18.2 Å². The zero-order valence-corrected chi connectivity index (χ0v) is 11.3. The molecule has 0 aliphatic carbocycles. The van der Waals surface area contributed by atoms with Crippen molar-refractivity contribution in [3.05, 3.63) is 66.0 Å². The van der Waals surface area contributed by atoms with Crippen LogP contribution >= 0.6 is 0 Å². The third kappa shape index (κ3) is 2.94. The van der Waals surface area contributed by atoms with Crippen molar-refractivity contribution < 1.29 is 13.9 Å². The van der Waals surface area contributed by atoms with Crippen LogP contribution in [0.4, 0.5) is 10.1 Å². The van der Waals surface area contributed by atoms with Gasteiger partial charge in [-0.3, -0.25) is 4.79 Å². The lowest BCUT2D eigenvalue weighted by Crippen LogP contribution is -2.36. The smallest absolute Gasteiger partial charge is 0.251 e. The molecule has 0 spiro atoms. The molecule has 0 unspecified atom stereocenters. The molecular formula is C17H14FNO2. The van der Waals surface area contributed by atoms with Crippen molar-refractivity contribution in [1.29, 1.82) is 0 Å². The summed E-state index contributed by atoms with van der Waals surface area (Å²) in [6.07, 6.45) is 3.18. The molecule has 1 heterocycles. The van der Waals surface area contributed by atoms with Crippen LogP contribution in [0.2, 0.25) is 0 Å². The van der Waals surface area contributed by atoms with Gasteiger partial charge in [-0.05, 0) is 35.9 Å². The van der Waals surface area contributed by atoms with Crippen LogP contribution in [0.1, 0.15) is 5.56 Å². The van der Waals surface area contributed by atoms with E-state index >= 15 is 0 Å². The third-order valence-electron chi connectivity index (χ3n) is 3.28. The maximum Gasteiger partial charge on any atom is 0.251 e. The molecular weight excluding hydrogens is 269 g/mol. The molecule has 0 radical (unpaired) electrons. The quantitative estimate of drug-likeness (QED) is 0.792. The molecule has 106 valence electrons. The summed E-state index contributed by atoms with van der Waals surface area (Å²) in [7, 11) is 0. The molecule has 2 aromatic rings. The minimum atomic E-state index is -0.291. The van der Waals surface area contributed by atoms with Crippen molar-refractivity contribution in [3.8, 4) is 5.75 Å². The van der Waals surface area contributed by atoms with Crippen LogP contribution in [-0.4, -0.2) is 19.1 Å². The molecule has 3 nitrogen and oxygen atoms in total. The third-order valence-corrected chi connectivity index (χ3v) is 3.28. The van der Waals surface area contributed by atoms with Crippen LogP contribution in [-0.2, 0) is 4.79 Å². The second-order valence-electron chi connectivity index (χ2n) is 4.69. The molecule has 1 amide bonds. The molecule has 0 bridgehead atoms. The maximum atomic E-state index is 12.8. The summed E-state index contributed by atoms with van der Waals surface area (Å²) >= 11 is 0. The van der Waals surface area contributed by atoms with E-state index in [2.05, 4.69) is 0 Å². The number of benzene rings is 2. The molecule has 0 N–H and O–H groups in total. The molecule has 0 saturated carbocycles. The lowest BCUT2D eigenvalue weighted by Gasteiger charge is -2.28. The number of fused-ring (bicyclic) bond motifs is 1. The Morgan fingerprint density at radius 1 is 1.14 bits per heavy atom. The first-order valence-electron chi connectivity index (χ1n) is 6.71. The molecule has 1 aliphatic rings. The van der Waals surface area contributed by atoms with Gasteiger partial charge in [-0.25, -0.2) is 4.39 Å². The number of carbonyl (C=O) groups is 1. The Bertz CT molecular complexity index is 679. The summed E-state index contributed by atoms with van der Waals surface area (Å²) in [6.45, 7) is 0.997. The molecule has 0 saturated heterocycles. The average Bonchev–Trinajstić information content (AvgIpc) is 2.53. The molecule has 0 fully saturated rings. The molecule has 0 atom stereocenters. The van der Waals surface area contributed by atoms with Crippen molar-refractivity contribution in [2.24, 2.45) is 0 Å². The van der Waals surface area contributed by atoms with Gasteiger partial charge in [0.15, 0.2) is 0 Å². The van der Waals surface area contributed by atoms with Gasteiger partial charge in [0.05, 0.1) is 12.2 Å². The Kier molecular flexibility index (Phi) is 3.69. The maximum absolute atomic E-state index is 12.8. The lowest BCUT2D eigenvalue weighted by atomic mass is 10.2. The molecule has 2 aromatic carbocycles. The fourth-order valence-electron chi connectivity index (χ4n) is 2.23. The number of nitrogens with zero attached hydrogens (tertiary/aromatic N) is 1. The predicted molar refractivity (Wildman–Crippen MR) is 79.7 cm³/mol. The minimum absolute atomic E-state index is 0.116. The number of hydrogen-bond donors (Lipinski definition) is 0. The zero-order chi connectivity index (χ0) is 14.7. The van der Waals surface area contributed by atoms with E-state index in [9.17, 15) is 9.18 Å². The fourth-order valence-corrected chi connectivity index (χ4v) is 2.23. The first-order valence-corrected chi connectivity index (χ1v) is 6.71. The Hall–Kier alpha value is -2.62. The average molecular weight is 283 g/mol. The molecule has 1 aliphatic heterocycles. The summed E-state index contributed by atoms with van der Waals surface area (Å²) in [5, 5.41) is 0. The summed E-state index contributed by atoms with van der Waals surface area (Å²) in [5.41, 5.74) is 1.56. The summed E-state index contributed by atoms with van der Waals surface area (Å²) in [4.78, 5) is 14.0. The van der Waals surface area contributed by atoms with Crippen molar-refractivity contribution in [1.82, 2.24) is 0 Å². The van der Waals surface area contributed by atoms with Gasteiger partial charge >= 0.3 is 0 Å². The number of carbonyl (C=O) groups excluding carboxylic acids is 1. The first-order chi connectivity index (χ1) is 10.2. The van der Waals surface area contributed by atoms with E-state index in [1.807, 2.05) is 24.3 Å². The predicted octanol–water partition coefficient (Wildman–Crippen LogP) is 3.26. The first kappa shape index (κ1) is 13.4. The zero-order valence-electron chi connectivity index (χ0n) is 11.3. The van der Waals surface area contributed by atoms with E-state index in [4.69, 9.17) is 4.74 Å². The van der Waals surface area contributed by atoms with Crippen molar-refractivity contribution in [2.75, 3.05) is 18.1 Å². The highest BCUT2D eigenvalue weighted by Gasteiger charge is 2.21. The largest absolute Gasteiger partial charge is 0.490 e. The lowest BCUT2D eigenvalue weighted by molar-refractivity contribution is -0.114. The van der Waals surface area contributed by atoms with E-state index in [0.29, 0.717) is 18.9 Å². The van der Waals surface area contributed by atoms with Gasteiger partial charge in [0.2, 0.25) is 0 Å². The van der Waals surface area contributed by atoms with Gasteiger partial charge in [0.1, 0.15) is 18.2 Å². The highest BCUT2D eigenvalue weighted by atomic mass is 19.1. The van der Waals surface area contributed by atoms with Crippen LogP contribution in [0.15, 0.2) is 54.6 Å². The normalized spacial score (nSPS) is 13.9. The molecule has 21 heavy (non-hydrogen) atoms. The van der Waals surface area contributed by atoms with Crippen LogP contribution in [0.5, 0.6) is 5.75 Å². The number of ether oxygens (including phenoxy) is 1. The number of para-hydroxylation sites is 2. The molecule has 4 heteroatoms. The van der Waals surface area contributed by atoms with Crippen molar-refractivity contribution >= 4 is 17.7 Å². The number of hydrogen-bond acceptors (Lipinski definition) is 2. The fraction of sp³-hybridized carbons (Fsp3) is 0.118. The summed E-state index contributed by atoms with van der Waals surface area (Å²) in [5.74, 6) is 0.308. The Labute approximate surface area is 122 Å². The van der Waals surface area contributed by atoms with Crippen LogP contribution < -0.4 is 9.64 Å². The summed E-state index contributed by atoms with van der Waals surface area (Å²) < 4.78 is 18.3. The van der Waals surface area contributed by atoms with E-state index in [-0.39, 0.29) is 11.7 Å². The monoisotopic (exact) mass is 283 g/mol. The molecule has 0 aromatic heterocycles. The van der Waals surface area contributed by atoms with Gasteiger partial charge in [-0.15, -0.1) is 0 Å². The minimum Gasteiger partial charge on any atom is -0.490 e. The van der Waals surface area contributed by atoms with Gasteiger partial charge in [-0.1, -0.05) is 24.3 Å². The highest BCUT2D eigenvalue weighted by Crippen LogP contribution is 2.31. The van der Waals surface area contributed by atoms with Crippen LogP contribution in [0.3, 0.4) is 0 Å². The Balaban J connectivity index is 1.79. The second kappa shape index (κ2) is 5.79. The number of anilines is 1. The van der Waals surface area contributed by atoms with E-state index in [1.54, 1.807) is 23.1 Å². The van der Waals surface area contributed by atoms with Gasteiger partial charge in [0.25, 0.3) is 5.91 Å². The second-order valence-corrected chi connectivity index (χ2v) is 4.69. The SMILES string of the molecule is O=C(/C=C/c1ccc(F)cc1)N1CCOc2ccccc21. The van der Waals surface area contributed by atoms with Gasteiger partial charge in [0, 0.05) is 6.08 Å². The van der Waals surface area contributed by atoms with E-state index < -0.39 is 0 Å². The van der Waals surface area contributed by atoms with Crippen LogP contribution in [0.25, 0.3) is 6.08 Å². The van der Waals surface area contributed by atoms with Gasteiger partial charge in [-0.2, -0.15) is 0 Å². The van der Waals surface area contributed by atoms with Crippen molar-refractivity contribution in [2.45, 2.75) is 0 Å². The van der Waals surface area contributed by atoms with Gasteiger partial charge < -0.3 is 9.64 Å². The Morgan fingerprint density at radius 3 is 2.71 bits per heavy atom. The number of rotatable bonds is 2. The molecule has 3 rings (SSSR count). The van der Waals surface area contributed by atoms with Crippen molar-refractivity contribution in [3.63, 3.8) is 0 Å². The number of amides is 1. The highest BCUT2D eigenvalue weighted by molar-refractivity contribution is 6.04. The van der Waals surface area contributed by atoms with E-state index in [0.717, 1.165) is 11.3 Å². The number of halogens is 1. The Morgan fingerprint density at radius 2 is 1.90 bits per heavy atom. The standard InChI is InChI=1S/C17H14FNO2/c18-14-8-5-13(6-9-14)7-10-17(20)19-11-12-21-16-4-2-1-3-15(16)19/h1-10H,11-12H2/b10-7+. The topological polar surface area (TPSA) is 29.5 Å². The summed E-state index contributed by atoms with van der Waals surface area (Å²) in [6, 6.07) is 13.5. The van der Waals surface area contributed by atoms with Crippen LogP contribution in [0, 0.1) is 5.82 Å².